The van der Waals surface area contributed by atoms with Crippen molar-refractivity contribution in [1.82, 2.24) is 9.55 Å². The van der Waals surface area contributed by atoms with Gasteiger partial charge in [-0.05, 0) is 24.8 Å². The van der Waals surface area contributed by atoms with Crippen LogP contribution in [0.3, 0.4) is 0 Å². The number of aryl methyl sites for hydroxylation is 1. The second kappa shape index (κ2) is 13.3. The van der Waals surface area contributed by atoms with Gasteiger partial charge in [-0.3, -0.25) is 13.6 Å². The Hall–Kier alpha value is -0.290. The molecule has 2 rings (SSSR count). The summed E-state index contributed by atoms with van der Waals surface area (Å²) in [5.41, 5.74) is -0.539. The molecule has 2 heterocycles. The van der Waals surface area contributed by atoms with Crippen LogP contribution in [0.4, 0.5) is 0 Å². The van der Waals surface area contributed by atoms with E-state index < -0.39 is 44.4 Å². The Morgan fingerprint density at radius 2 is 2.00 bits per heavy atom. The number of ether oxygens (including phenoxy) is 1. The molecule has 30 heavy (non-hydrogen) atoms. The molecule has 1 saturated heterocycles. The van der Waals surface area contributed by atoms with Crippen LogP contribution in [-0.4, -0.2) is 45.0 Å². The first-order valence-electron chi connectivity index (χ1n) is 9.96. The Labute approximate surface area is 198 Å². The van der Waals surface area contributed by atoms with Crippen LogP contribution < -0.4 is 40.4 Å². The van der Waals surface area contributed by atoms with Crippen LogP contribution in [0.5, 0.6) is 5.88 Å². The summed E-state index contributed by atoms with van der Waals surface area (Å²) in [5, 5.41) is 21.0. The number of unbranched alkanes of at least 4 members (excludes halogenated alkanes) is 5. The van der Waals surface area contributed by atoms with Gasteiger partial charge in [-0.25, -0.2) is 14.3 Å². The molecular weight excluding hydrogens is 426 g/mol. The first-order valence-corrected chi connectivity index (χ1v) is 11.5. The Balaban J connectivity index is 0.00000450. The Morgan fingerprint density at radius 3 is 2.67 bits per heavy atom. The Morgan fingerprint density at radius 1 is 1.33 bits per heavy atom. The minimum Gasteiger partial charge on any atom is -0.858 e. The van der Waals surface area contributed by atoms with Crippen LogP contribution in [0.2, 0.25) is 0 Å². The summed E-state index contributed by atoms with van der Waals surface area (Å²) in [6, 6.07) is 0. The number of aromatic nitrogens is 2. The van der Waals surface area contributed by atoms with E-state index in [0.29, 0.717) is 6.42 Å². The summed E-state index contributed by atoms with van der Waals surface area (Å²) >= 11 is 0. The summed E-state index contributed by atoms with van der Waals surface area (Å²) in [7, 11) is -4.35. The fourth-order valence-electron chi connectivity index (χ4n) is 3.17. The standard InChI is InChI=1S/C18H31N2O8P.Na/c1-3-4-5-6-7-8-9-26-29(24,25)28-14-10-16(27-15(14)12-21)20-11-13(2)17(22)19-18(20)23;/h11,14-16,21H,3-10,12H2,1-2H3,(H,24,25)(H,19,22,23);/q;+1/p-1/t14-,15+,16+;/m0./s1. The molecule has 0 bridgehead atoms. The van der Waals surface area contributed by atoms with Gasteiger partial charge in [-0.15, -0.1) is 0 Å². The van der Waals surface area contributed by atoms with Crippen molar-refractivity contribution in [2.75, 3.05) is 13.2 Å². The van der Waals surface area contributed by atoms with Gasteiger partial charge in [0, 0.05) is 12.6 Å². The molecule has 1 aromatic heterocycles. The molecule has 166 valence electrons. The average Bonchev–Trinajstić information content (AvgIpc) is 3.05. The second-order valence-corrected chi connectivity index (χ2v) is 8.59. The molecule has 12 heteroatoms. The van der Waals surface area contributed by atoms with E-state index >= 15 is 0 Å². The second-order valence-electron chi connectivity index (χ2n) is 7.18. The molecule has 0 aliphatic carbocycles. The van der Waals surface area contributed by atoms with Crippen LogP contribution in [0, 0.1) is 6.92 Å². The maximum Gasteiger partial charge on any atom is 1.00 e. The maximum atomic E-state index is 12.2. The average molecular weight is 456 g/mol. The van der Waals surface area contributed by atoms with E-state index in [2.05, 4.69) is 11.9 Å². The van der Waals surface area contributed by atoms with Crippen molar-refractivity contribution < 1.29 is 63.0 Å². The van der Waals surface area contributed by atoms with E-state index in [9.17, 15) is 24.5 Å². The van der Waals surface area contributed by atoms with Crippen LogP contribution >= 0.6 is 7.82 Å². The van der Waals surface area contributed by atoms with Gasteiger partial charge in [0.2, 0.25) is 0 Å². The minimum absolute atomic E-state index is 0. The van der Waals surface area contributed by atoms with Gasteiger partial charge >= 0.3 is 43.1 Å². The van der Waals surface area contributed by atoms with E-state index in [4.69, 9.17) is 13.8 Å². The Kier molecular flexibility index (Phi) is 12.3. The van der Waals surface area contributed by atoms with Crippen molar-refractivity contribution in [1.29, 1.82) is 0 Å². The van der Waals surface area contributed by atoms with E-state index in [1.807, 2.05) is 0 Å². The van der Waals surface area contributed by atoms with Crippen molar-refractivity contribution in [3.05, 3.63) is 22.2 Å². The third-order valence-corrected chi connectivity index (χ3v) is 5.83. The predicted octanol–water partition coefficient (Wildman–Crippen LogP) is -1.23. The van der Waals surface area contributed by atoms with Gasteiger partial charge < -0.3 is 19.8 Å². The molecule has 1 aromatic rings. The van der Waals surface area contributed by atoms with Crippen molar-refractivity contribution in [3.8, 4) is 5.88 Å². The van der Waals surface area contributed by atoms with Gasteiger partial charge in [-0.1, -0.05) is 39.0 Å². The molecule has 0 amide bonds. The van der Waals surface area contributed by atoms with Crippen LogP contribution in [0.25, 0.3) is 0 Å². The van der Waals surface area contributed by atoms with Crippen molar-refractivity contribution >= 4 is 7.82 Å². The number of rotatable bonds is 12. The number of hydrogen-bond acceptors (Lipinski definition) is 8. The van der Waals surface area contributed by atoms with Crippen molar-refractivity contribution in [3.63, 3.8) is 0 Å². The number of hydrogen-bond donors (Lipinski definition) is 2. The molecule has 1 aliphatic rings. The summed E-state index contributed by atoms with van der Waals surface area (Å²) in [6.07, 6.45) is 4.62. The number of aliphatic hydroxyl groups is 1. The first-order chi connectivity index (χ1) is 13.8. The zero-order chi connectivity index (χ0) is 21.4. The topological polar surface area (TPSA) is 143 Å². The monoisotopic (exact) mass is 456 g/mol. The zero-order valence-corrected chi connectivity index (χ0v) is 20.8. The molecule has 0 radical (unpaired) electrons. The maximum absolute atomic E-state index is 12.2. The normalized spacial score (nSPS) is 23.1. The van der Waals surface area contributed by atoms with Gasteiger partial charge in [0.25, 0.3) is 0 Å². The first kappa shape index (κ1) is 27.7. The molecule has 0 aromatic carbocycles. The van der Waals surface area contributed by atoms with E-state index in [0.717, 1.165) is 30.3 Å². The number of nitrogens with zero attached hydrogens (tertiary/aromatic N) is 2. The summed E-state index contributed by atoms with van der Waals surface area (Å²) in [4.78, 5) is 25.3. The molecule has 10 nitrogen and oxygen atoms in total. The molecular formula is C18H30N2NaO8P. The molecule has 0 spiro atoms. The van der Waals surface area contributed by atoms with Gasteiger partial charge in [0.1, 0.15) is 18.4 Å². The summed E-state index contributed by atoms with van der Waals surface area (Å²) < 4.78 is 29.1. The van der Waals surface area contributed by atoms with E-state index in [-0.39, 0.29) is 48.1 Å². The van der Waals surface area contributed by atoms with Crippen molar-refractivity contribution in [2.45, 2.75) is 77.2 Å². The molecule has 1 unspecified atom stereocenters. The van der Waals surface area contributed by atoms with Crippen LogP contribution in [-0.2, 0) is 18.3 Å². The van der Waals surface area contributed by atoms with Gasteiger partial charge in [-0.2, -0.15) is 0 Å². The van der Waals surface area contributed by atoms with Crippen LogP contribution in [0.15, 0.2) is 11.0 Å². The van der Waals surface area contributed by atoms with Gasteiger partial charge in [0.15, 0.2) is 0 Å². The molecule has 2 N–H and O–H groups in total. The SMILES string of the molecule is CCCCCCCCOP(=O)(O)O[C@H]1C[C@H](n2cc(C)c([O-])nc2=O)O[C@@H]1CO.[Na+]. The van der Waals surface area contributed by atoms with E-state index in [1.54, 1.807) is 0 Å². The third-order valence-electron chi connectivity index (χ3n) is 4.78. The summed E-state index contributed by atoms with van der Waals surface area (Å²) in [5.74, 6) is -0.626. The molecule has 1 fully saturated rings. The fourth-order valence-corrected chi connectivity index (χ4v) is 4.15. The quantitative estimate of drug-likeness (QED) is 0.225. The molecule has 0 saturated carbocycles. The predicted molar refractivity (Wildman–Crippen MR) is 102 cm³/mol. The number of phosphoric acid groups is 1. The molecule has 1 aliphatic heterocycles. The zero-order valence-electron chi connectivity index (χ0n) is 17.9. The third kappa shape index (κ3) is 8.33. The summed E-state index contributed by atoms with van der Waals surface area (Å²) in [6.45, 7) is 3.26. The largest absolute Gasteiger partial charge is 1.00 e. The van der Waals surface area contributed by atoms with Gasteiger partial charge in [0.05, 0.1) is 13.2 Å². The smallest absolute Gasteiger partial charge is 0.858 e. The van der Waals surface area contributed by atoms with Crippen LogP contribution in [0.1, 0.15) is 63.7 Å². The Bertz CT molecular complexity index is 762. The minimum atomic E-state index is -4.35. The molecule has 4 atom stereocenters. The van der Waals surface area contributed by atoms with Crippen molar-refractivity contribution in [2.24, 2.45) is 0 Å². The van der Waals surface area contributed by atoms with E-state index in [1.165, 1.54) is 19.5 Å². The number of aliphatic hydroxyl groups excluding tert-OH is 1. The number of phosphoric ester groups is 1. The fraction of sp³-hybridized carbons (Fsp3) is 0.778.